The summed E-state index contributed by atoms with van der Waals surface area (Å²) in [5, 5.41) is 7.69. The van der Waals surface area contributed by atoms with Gasteiger partial charge >= 0.3 is 0 Å². The van der Waals surface area contributed by atoms with E-state index in [4.69, 9.17) is 14.6 Å². The Morgan fingerprint density at radius 2 is 1.18 bits per heavy atom. The minimum absolute atomic E-state index is 0.696. The van der Waals surface area contributed by atoms with E-state index in [1.807, 2.05) is 38.1 Å². The topological polar surface area (TPSA) is 65.4 Å². The molecule has 9 aromatic carbocycles. The summed E-state index contributed by atoms with van der Waals surface area (Å²) in [6, 6.07) is 68.8. The Balaban J connectivity index is 1.000. The van der Waals surface area contributed by atoms with Crippen molar-refractivity contribution in [2.45, 2.75) is 20.8 Å². The molecule has 0 aliphatic carbocycles. The van der Waals surface area contributed by atoms with Gasteiger partial charge in [0.25, 0.3) is 0 Å². The van der Waals surface area contributed by atoms with E-state index in [0.717, 1.165) is 133 Å². The van der Waals surface area contributed by atoms with E-state index in [9.17, 15) is 0 Å². The van der Waals surface area contributed by atoms with Crippen molar-refractivity contribution >= 4 is 117 Å². The van der Waals surface area contributed by atoms with Crippen LogP contribution in [0, 0.1) is 6.92 Å². The predicted octanol–water partition coefficient (Wildman–Crippen LogP) is 18.7. The molecule has 0 radical (unpaired) electrons. The van der Waals surface area contributed by atoms with Crippen LogP contribution in [-0.2, 0) is 0 Å². The third-order valence-electron chi connectivity index (χ3n) is 14.2. The molecule has 0 amide bonds. The third-order valence-corrected chi connectivity index (χ3v) is 14.2. The van der Waals surface area contributed by atoms with Gasteiger partial charge in [-0.3, -0.25) is 0 Å². The van der Waals surface area contributed by atoms with Crippen molar-refractivity contribution in [1.82, 2.24) is 9.13 Å². The monoisotopic (exact) mass is 942 g/mol. The summed E-state index contributed by atoms with van der Waals surface area (Å²) in [7, 11) is 0. The Kier molecular flexibility index (Phi) is 10.6. The molecule has 0 fully saturated rings. The number of hydrogen-bond acceptors (Lipinski definition) is 4. The smallest absolute Gasteiger partial charge is 0.135 e. The van der Waals surface area contributed by atoms with Crippen molar-refractivity contribution in [3.05, 3.63) is 241 Å². The number of aromatic nitrogens is 2. The number of nitrogen functional groups attached to an aromatic ring is 1. The molecule has 0 spiro atoms. The Morgan fingerprint density at radius 3 is 1.95 bits per heavy atom. The summed E-state index contributed by atoms with van der Waals surface area (Å²) in [6.45, 7) is 6.31. The summed E-state index contributed by atoms with van der Waals surface area (Å²) in [5.41, 5.74) is 25.5. The SMILES string of the molecule is C\C=C/C=C(\C=C\c1ccc2oc3ccccc3c2c1)n1c(/C=C\C)c(N)c2c(N(c3ccccc3)c3c(C)ccc4c3c3ccccc3n4-c3cccc(-c4ccc5oc6ccccc6c5c4)c3)cccc21. The van der Waals surface area contributed by atoms with Crippen LogP contribution in [0.5, 0.6) is 0 Å². The second-order valence-corrected chi connectivity index (χ2v) is 18.6. The zero-order valence-electron chi connectivity index (χ0n) is 40.8. The van der Waals surface area contributed by atoms with E-state index in [1.54, 1.807) is 0 Å². The van der Waals surface area contributed by atoms with Crippen LogP contribution in [0.15, 0.2) is 233 Å². The predicted molar refractivity (Wildman–Crippen MR) is 309 cm³/mol. The fourth-order valence-corrected chi connectivity index (χ4v) is 11.0. The van der Waals surface area contributed by atoms with Gasteiger partial charge in [0.05, 0.1) is 39.3 Å². The van der Waals surface area contributed by atoms with E-state index >= 15 is 0 Å². The lowest BCUT2D eigenvalue weighted by molar-refractivity contribution is 0.668. The number of anilines is 4. The van der Waals surface area contributed by atoms with Crippen LogP contribution in [0.2, 0.25) is 0 Å². The molecular weight excluding hydrogens is 893 g/mol. The minimum Gasteiger partial charge on any atom is -0.456 e. The average molecular weight is 943 g/mol. The number of fused-ring (bicyclic) bond motifs is 10. The molecule has 0 saturated heterocycles. The summed E-state index contributed by atoms with van der Waals surface area (Å²) in [5.74, 6) is 0. The number of allylic oxidation sites excluding steroid dienone is 6. The molecule has 2 N–H and O–H groups in total. The molecule has 0 saturated carbocycles. The molecule has 6 nitrogen and oxygen atoms in total. The maximum atomic E-state index is 7.54. The van der Waals surface area contributed by atoms with E-state index in [2.05, 4.69) is 233 Å². The fourth-order valence-electron chi connectivity index (χ4n) is 11.0. The number of aryl methyl sites for hydroxylation is 1. The average Bonchev–Trinajstić information content (AvgIpc) is 4.17. The molecule has 6 heteroatoms. The Hall–Kier alpha value is -9.52. The van der Waals surface area contributed by atoms with Crippen LogP contribution in [0.1, 0.15) is 30.7 Å². The zero-order chi connectivity index (χ0) is 49.2. The van der Waals surface area contributed by atoms with Crippen LogP contribution in [0.4, 0.5) is 22.7 Å². The quantitative estimate of drug-likeness (QED) is 0.139. The van der Waals surface area contributed by atoms with E-state index in [-0.39, 0.29) is 0 Å². The van der Waals surface area contributed by atoms with Gasteiger partial charge in [0.1, 0.15) is 22.3 Å². The van der Waals surface area contributed by atoms with Crippen LogP contribution in [0.3, 0.4) is 0 Å². The van der Waals surface area contributed by atoms with Gasteiger partial charge in [-0.15, -0.1) is 0 Å². The number of nitrogens with two attached hydrogens (primary N) is 1. The summed E-state index contributed by atoms with van der Waals surface area (Å²) in [4.78, 5) is 2.42. The van der Waals surface area contributed by atoms with E-state index in [1.165, 1.54) is 0 Å². The third kappa shape index (κ3) is 7.17. The van der Waals surface area contributed by atoms with Crippen molar-refractivity contribution < 1.29 is 8.83 Å². The maximum absolute atomic E-state index is 7.54. The molecule has 4 aromatic heterocycles. The van der Waals surface area contributed by atoms with Crippen molar-refractivity contribution in [3.63, 3.8) is 0 Å². The molecular formula is C67H50N4O2. The minimum atomic E-state index is 0.696. The van der Waals surface area contributed by atoms with Gasteiger partial charge in [-0.25, -0.2) is 0 Å². The zero-order valence-corrected chi connectivity index (χ0v) is 40.8. The highest BCUT2D eigenvalue weighted by Gasteiger charge is 2.27. The highest BCUT2D eigenvalue weighted by molar-refractivity contribution is 6.19. The molecule has 0 aliphatic rings. The number of para-hydroxylation sites is 4. The number of hydrogen-bond donors (Lipinski definition) is 1. The molecule has 0 aliphatic heterocycles. The van der Waals surface area contributed by atoms with Gasteiger partial charge in [-0.05, 0) is 146 Å². The summed E-state index contributed by atoms with van der Waals surface area (Å²) < 4.78 is 17.1. The number of furan rings is 2. The largest absolute Gasteiger partial charge is 0.456 e. The first-order chi connectivity index (χ1) is 36.0. The fraction of sp³-hybridized carbons (Fsp3) is 0.0448. The molecule has 13 aromatic rings. The van der Waals surface area contributed by atoms with E-state index < -0.39 is 0 Å². The highest BCUT2D eigenvalue weighted by Crippen LogP contribution is 2.50. The van der Waals surface area contributed by atoms with Gasteiger partial charge < -0.3 is 28.6 Å². The van der Waals surface area contributed by atoms with Crippen LogP contribution < -0.4 is 10.6 Å². The second-order valence-electron chi connectivity index (χ2n) is 18.6. The lowest BCUT2D eigenvalue weighted by atomic mass is 10.0. The standard InChI is InChI=1S/C67H50N4O2/c1-4-6-20-48(36-33-44-34-38-62-53(40-44)50-24-11-14-30-60(50)72-62)69-56-28-17-29-57(65(56)66(68)59(69)18-5-2)71(47-21-8-7-9-22-47)67-43(3)32-37-58-64(67)52-26-10-13-27-55(52)70(58)49-23-16-19-45(41-49)46-35-39-63-54(42-46)51-25-12-15-31-61(51)73-63/h4-42H,68H2,1-3H3/b6-4-,18-5-,36-33+,48-20+. The Morgan fingerprint density at radius 1 is 0.521 bits per heavy atom. The van der Waals surface area contributed by atoms with Crippen molar-refractivity contribution in [2.24, 2.45) is 0 Å². The lowest BCUT2D eigenvalue weighted by Gasteiger charge is -2.29. The van der Waals surface area contributed by atoms with Crippen LogP contribution in [-0.4, -0.2) is 9.13 Å². The molecule has 0 bridgehead atoms. The molecule has 73 heavy (non-hydrogen) atoms. The Bertz CT molecular complexity index is 4440. The first kappa shape index (κ1) is 43.5. The van der Waals surface area contributed by atoms with E-state index in [0.29, 0.717) is 5.69 Å². The van der Waals surface area contributed by atoms with Gasteiger partial charge in [-0.2, -0.15) is 0 Å². The molecule has 4 heterocycles. The number of nitrogens with zero attached hydrogens (tertiary/aromatic N) is 3. The number of benzene rings is 9. The van der Waals surface area contributed by atoms with Gasteiger partial charge in [0, 0.05) is 54.8 Å². The first-order valence-corrected chi connectivity index (χ1v) is 24.9. The highest BCUT2D eigenvalue weighted by atomic mass is 16.3. The van der Waals surface area contributed by atoms with Crippen molar-refractivity contribution in [3.8, 4) is 16.8 Å². The normalized spacial score (nSPS) is 12.6. The summed E-state index contributed by atoms with van der Waals surface area (Å²) >= 11 is 0. The molecule has 0 unspecified atom stereocenters. The van der Waals surface area contributed by atoms with Crippen LogP contribution >= 0.6 is 0 Å². The maximum Gasteiger partial charge on any atom is 0.135 e. The van der Waals surface area contributed by atoms with Crippen molar-refractivity contribution in [2.75, 3.05) is 10.6 Å². The van der Waals surface area contributed by atoms with Gasteiger partial charge in [0.15, 0.2) is 0 Å². The van der Waals surface area contributed by atoms with Crippen molar-refractivity contribution in [1.29, 1.82) is 0 Å². The molecule has 350 valence electrons. The second kappa shape index (κ2) is 17.7. The molecule has 13 rings (SSSR count). The van der Waals surface area contributed by atoms with Crippen LogP contribution in [0.25, 0.3) is 111 Å². The number of rotatable bonds is 10. The lowest BCUT2D eigenvalue weighted by Crippen LogP contribution is -2.12. The van der Waals surface area contributed by atoms with Gasteiger partial charge in [0.2, 0.25) is 0 Å². The molecule has 0 atom stereocenters. The Labute approximate surface area is 422 Å². The summed E-state index contributed by atoms with van der Waals surface area (Å²) in [6.07, 6.45) is 14.8. The first-order valence-electron chi connectivity index (χ1n) is 24.9. The van der Waals surface area contributed by atoms with Gasteiger partial charge in [-0.1, -0.05) is 133 Å².